The lowest BCUT2D eigenvalue weighted by Gasteiger charge is -2.22. The molecule has 0 aliphatic heterocycles. The summed E-state index contributed by atoms with van der Waals surface area (Å²) in [5.74, 6) is -2.95. The van der Waals surface area contributed by atoms with Gasteiger partial charge in [0.15, 0.2) is 0 Å². The highest BCUT2D eigenvalue weighted by Crippen LogP contribution is 2.56. The molecule has 2 N–H and O–H groups in total. The minimum absolute atomic E-state index is 0.389. The Morgan fingerprint density at radius 2 is 1.80 bits per heavy atom. The predicted octanol–water partition coefficient (Wildman–Crippen LogP) is 1.52. The summed E-state index contributed by atoms with van der Waals surface area (Å²) >= 11 is 0. The van der Waals surface area contributed by atoms with E-state index in [1.54, 1.807) is 0 Å². The van der Waals surface area contributed by atoms with E-state index in [0.717, 1.165) is 0 Å². The van der Waals surface area contributed by atoms with E-state index in [1.807, 2.05) is 0 Å². The van der Waals surface area contributed by atoms with Gasteiger partial charge >= 0.3 is 0 Å². The highest BCUT2D eigenvalue weighted by atomic mass is 19.3. The lowest BCUT2D eigenvalue weighted by Crippen LogP contribution is -2.45. The van der Waals surface area contributed by atoms with Crippen LogP contribution in [0, 0.1) is 5.92 Å². The van der Waals surface area contributed by atoms with Crippen molar-refractivity contribution in [2.75, 3.05) is 0 Å². The smallest absolute Gasteiger partial charge is 0.268 e. The highest BCUT2D eigenvalue weighted by molar-refractivity contribution is 5.13. The molecule has 0 amide bonds. The van der Waals surface area contributed by atoms with Gasteiger partial charge in [-0.15, -0.1) is 0 Å². The van der Waals surface area contributed by atoms with Crippen LogP contribution in [0.4, 0.5) is 8.78 Å². The predicted molar refractivity (Wildman–Crippen MR) is 33.8 cm³/mol. The van der Waals surface area contributed by atoms with Crippen molar-refractivity contribution in [3.63, 3.8) is 0 Å². The summed E-state index contributed by atoms with van der Waals surface area (Å²) in [5.41, 5.74) is 4.31. The zero-order valence-corrected chi connectivity index (χ0v) is 5.74. The molecule has 0 aromatic carbocycles. The molecule has 0 saturated heterocycles. The standard InChI is InChI=1S/C7H11F2N/c8-7(9,5-1-2-5)6(10)3-4-6/h5H,1-4,10H2. The third-order valence-corrected chi connectivity index (χ3v) is 2.54. The third-order valence-electron chi connectivity index (χ3n) is 2.54. The van der Waals surface area contributed by atoms with E-state index in [0.29, 0.717) is 25.7 Å². The van der Waals surface area contributed by atoms with Crippen LogP contribution in [-0.4, -0.2) is 11.5 Å². The fourth-order valence-electron chi connectivity index (χ4n) is 1.32. The van der Waals surface area contributed by atoms with E-state index in [2.05, 4.69) is 0 Å². The molecule has 1 nitrogen and oxygen atoms in total. The molecule has 2 aliphatic carbocycles. The van der Waals surface area contributed by atoms with E-state index in [1.165, 1.54) is 0 Å². The molecule has 0 aromatic rings. The topological polar surface area (TPSA) is 26.0 Å². The van der Waals surface area contributed by atoms with Crippen molar-refractivity contribution in [2.45, 2.75) is 37.1 Å². The Labute approximate surface area is 58.6 Å². The summed E-state index contributed by atoms with van der Waals surface area (Å²) in [7, 11) is 0. The summed E-state index contributed by atoms with van der Waals surface area (Å²) in [4.78, 5) is 0. The van der Waals surface area contributed by atoms with Gasteiger partial charge in [0, 0.05) is 5.92 Å². The van der Waals surface area contributed by atoms with Crippen LogP contribution in [0.1, 0.15) is 25.7 Å². The van der Waals surface area contributed by atoms with Crippen molar-refractivity contribution in [1.29, 1.82) is 0 Å². The fraction of sp³-hybridized carbons (Fsp3) is 1.00. The normalized spacial score (nSPS) is 30.3. The molecule has 0 bridgehead atoms. The van der Waals surface area contributed by atoms with Crippen LogP contribution in [0.25, 0.3) is 0 Å². The quantitative estimate of drug-likeness (QED) is 0.629. The van der Waals surface area contributed by atoms with Gasteiger partial charge in [-0.1, -0.05) is 0 Å². The van der Waals surface area contributed by atoms with E-state index >= 15 is 0 Å². The van der Waals surface area contributed by atoms with Crippen LogP contribution in [0.15, 0.2) is 0 Å². The van der Waals surface area contributed by atoms with Crippen LogP contribution in [-0.2, 0) is 0 Å². The van der Waals surface area contributed by atoms with Crippen LogP contribution in [0.5, 0.6) is 0 Å². The zero-order valence-electron chi connectivity index (χ0n) is 5.74. The SMILES string of the molecule is NC1(C(F)(F)C2CC2)CC1. The molecule has 58 valence electrons. The number of hydrogen-bond donors (Lipinski definition) is 1. The highest BCUT2D eigenvalue weighted by Gasteiger charge is 2.65. The van der Waals surface area contributed by atoms with Crippen molar-refractivity contribution in [1.82, 2.24) is 0 Å². The summed E-state index contributed by atoms with van der Waals surface area (Å²) in [5, 5.41) is 0. The molecule has 2 rings (SSSR count). The molecular weight excluding hydrogens is 136 g/mol. The Morgan fingerprint density at radius 3 is 2.10 bits per heavy atom. The Morgan fingerprint density at radius 1 is 1.30 bits per heavy atom. The van der Waals surface area contributed by atoms with Gasteiger partial charge in [0.05, 0.1) is 5.54 Å². The van der Waals surface area contributed by atoms with Crippen LogP contribution >= 0.6 is 0 Å². The second-order valence-corrected chi connectivity index (χ2v) is 3.55. The van der Waals surface area contributed by atoms with Gasteiger partial charge in [-0.25, -0.2) is 8.78 Å². The van der Waals surface area contributed by atoms with Crippen molar-refractivity contribution < 1.29 is 8.78 Å². The van der Waals surface area contributed by atoms with Crippen LogP contribution in [0.2, 0.25) is 0 Å². The molecule has 2 fully saturated rings. The number of rotatable bonds is 2. The Kier molecular flexibility index (Phi) is 0.994. The first-order valence-electron chi connectivity index (χ1n) is 3.73. The largest absolute Gasteiger partial charge is 0.320 e. The van der Waals surface area contributed by atoms with Crippen molar-refractivity contribution in [3.05, 3.63) is 0 Å². The first-order chi connectivity index (χ1) is 4.56. The Balaban J connectivity index is 2.11. The lowest BCUT2D eigenvalue weighted by atomic mass is 10.0. The van der Waals surface area contributed by atoms with Crippen LogP contribution < -0.4 is 5.73 Å². The number of nitrogens with two attached hydrogens (primary N) is 1. The van der Waals surface area contributed by atoms with Crippen molar-refractivity contribution >= 4 is 0 Å². The first kappa shape index (κ1) is 6.53. The summed E-state index contributed by atoms with van der Waals surface area (Å²) in [6.45, 7) is 0. The molecule has 3 heteroatoms. The second-order valence-electron chi connectivity index (χ2n) is 3.55. The van der Waals surface area contributed by atoms with Gasteiger partial charge < -0.3 is 5.73 Å². The van der Waals surface area contributed by atoms with Gasteiger partial charge in [0.1, 0.15) is 0 Å². The Bertz CT molecular complexity index is 159. The van der Waals surface area contributed by atoms with Gasteiger partial charge in [0.25, 0.3) is 5.92 Å². The minimum atomic E-state index is -2.56. The van der Waals surface area contributed by atoms with E-state index < -0.39 is 11.5 Å². The van der Waals surface area contributed by atoms with Gasteiger partial charge in [-0.05, 0) is 25.7 Å². The number of alkyl halides is 2. The third kappa shape index (κ3) is 0.698. The minimum Gasteiger partial charge on any atom is -0.320 e. The number of halogens is 2. The molecule has 2 saturated carbocycles. The van der Waals surface area contributed by atoms with Gasteiger partial charge in [-0.3, -0.25) is 0 Å². The molecule has 0 radical (unpaired) electrons. The second kappa shape index (κ2) is 1.52. The van der Waals surface area contributed by atoms with E-state index in [-0.39, 0.29) is 5.92 Å². The number of hydrogen-bond acceptors (Lipinski definition) is 1. The molecular formula is C7H11F2N. The average Bonchev–Trinajstić information content (AvgIpc) is 2.55. The van der Waals surface area contributed by atoms with Crippen molar-refractivity contribution in [3.8, 4) is 0 Å². The first-order valence-corrected chi connectivity index (χ1v) is 3.73. The molecule has 0 aromatic heterocycles. The summed E-state index contributed by atoms with van der Waals surface area (Å²) < 4.78 is 26.1. The molecule has 2 aliphatic rings. The monoisotopic (exact) mass is 147 g/mol. The summed E-state index contributed by atoms with van der Waals surface area (Å²) in [6.07, 6.45) is 2.37. The van der Waals surface area contributed by atoms with Crippen LogP contribution in [0.3, 0.4) is 0 Å². The molecule has 0 atom stereocenters. The Hall–Kier alpha value is -0.180. The maximum atomic E-state index is 13.1. The van der Waals surface area contributed by atoms with E-state index in [4.69, 9.17) is 5.73 Å². The molecule has 0 unspecified atom stereocenters. The zero-order chi connectivity index (χ0) is 7.41. The molecule has 0 spiro atoms. The van der Waals surface area contributed by atoms with E-state index in [9.17, 15) is 8.78 Å². The van der Waals surface area contributed by atoms with Gasteiger partial charge in [0.2, 0.25) is 0 Å². The lowest BCUT2D eigenvalue weighted by molar-refractivity contribution is -0.0571. The van der Waals surface area contributed by atoms with Gasteiger partial charge in [-0.2, -0.15) is 0 Å². The summed E-state index contributed by atoms with van der Waals surface area (Å²) in [6, 6.07) is 0. The molecule has 0 heterocycles. The molecule has 10 heavy (non-hydrogen) atoms. The average molecular weight is 147 g/mol. The van der Waals surface area contributed by atoms with Crippen molar-refractivity contribution in [2.24, 2.45) is 11.7 Å². The maximum Gasteiger partial charge on any atom is 0.268 e. The fourth-order valence-corrected chi connectivity index (χ4v) is 1.32. The maximum absolute atomic E-state index is 13.1.